The van der Waals surface area contributed by atoms with Gasteiger partial charge in [0.1, 0.15) is 23.1 Å². The molecule has 2 bridgehead atoms. The summed E-state index contributed by atoms with van der Waals surface area (Å²) >= 11 is 12.6. The molecule has 0 radical (unpaired) electrons. The molecule has 15 heteroatoms. The number of halogens is 3. The second kappa shape index (κ2) is 20.0. The van der Waals surface area contributed by atoms with E-state index in [1.807, 2.05) is 42.1 Å². The molecule has 65 heavy (non-hydrogen) atoms. The molecule has 0 unspecified atom stereocenters. The van der Waals surface area contributed by atoms with Crippen molar-refractivity contribution in [2.24, 2.45) is 24.8 Å². The molecule has 3 fully saturated rings. The third-order valence-corrected chi connectivity index (χ3v) is 14.0. The van der Waals surface area contributed by atoms with Crippen LogP contribution in [0.4, 0.5) is 4.39 Å². The number of fused-ring (bicyclic) bond motifs is 2. The number of Topliss-reactive ketones (excluding diaryl/α,β-unsaturated/α-hetero) is 1. The molecule has 3 aromatic carbocycles. The first kappa shape index (κ1) is 48.1. The average molecular weight is 932 g/mol. The highest BCUT2D eigenvalue weighted by molar-refractivity contribution is 6.31. The smallest absolute Gasteiger partial charge is 0.226 e. The summed E-state index contributed by atoms with van der Waals surface area (Å²) in [5.74, 6) is -2.70. The van der Waals surface area contributed by atoms with Crippen molar-refractivity contribution in [3.63, 3.8) is 0 Å². The van der Waals surface area contributed by atoms with Crippen molar-refractivity contribution in [1.29, 1.82) is 0 Å². The fourth-order valence-corrected chi connectivity index (χ4v) is 9.30. The quantitative estimate of drug-likeness (QED) is 0.145. The lowest BCUT2D eigenvalue weighted by atomic mass is 9.81. The maximum atomic E-state index is 16.2. The lowest BCUT2D eigenvalue weighted by Crippen LogP contribution is -2.63. The van der Waals surface area contributed by atoms with Crippen LogP contribution in [0.1, 0.15) is 89.6 Å². The third kappa shape index (κ3) is 11.6. The lowest BCUT2D eigenvalue weighted by Gasteiger charge is -2.45. The highest BCUT2D eigenvalue weighted by atomic mass is 35.5. The van der Waals surface area contributed by atoms with Crippen LogP contribution in [0.25, 0.3) is 11.3 Å². The van der Waals surface area contributed by atoms with E-state index in [4.69, 9.17) is 27.9 Å². The second-order valence-electron chi connectivity index (χ2n) is 19.4. The van der Waals surface area contributed by atoms with Gasteiger partial charge in [0.05, 0.1) is 49.1 Å². The summed E-state index contributed by atoms with van der Waals surface area (Å²) in [5, 5.41) is 14.4. The van der Waals surface area contributed by atoms with Crippen LogP contribution in [0.5, 0.6) is 11.5 Å². The van der Waals surface area contributed by atoms with Gasteiger partial charge in [0, 0.05) is 65.6 Å². The Morgan fingerprint density at radius 2 is 1.69 bits per heavy atom. The molecular weight excluding hydrogens is 870 g/mol. The predicted molar refractivity (Wildman–Crippen MR) is 249 cm³/mol. The van der Waals surface area contributed by atoms with Crippen LogP contribution < -0.4 is 10.1 Å². The molecule has 4 aromatic rings. The highest BCUT2D eigenvalue weighted by Gasteiger charge is 2.44. The highest BCUT2D eigenvalue weighted by Crippen LogP contribution is 2.39. The van der Waals surface area contributed by atoms with Gasteiger partial charge in [-0.15, -0.1) is 0 Å². The Bertz CT molecular complexity index is 2380. The van der Waals surface area contributed by atoms with Crippen molar-refractivity contribution in [3.05, 3.63) is 99.7 Å². The van der Waals surface area contributed by atoms with Gasteiger partial charge in [0.25, 0.3) is 0 Å². The van der Waals surface area contributed by atoms with Gasteiger partial charge in [0.2, 0.25) is 17.7 Å². The third-order valence-electron chi connectivity index (χ3n) is 13.5. The number of carbonyl (C=O) groups is 4. The first-order valence-corrected chi connectivity index (χ1v) is 23.3. The average Bonchev–Trinajstić information content (AvgIpc) is 4.01. The number of nitrogens with one attached hydrogen (secondary N) is 1. The SMILES string of the molecule is C[C@H]1C(=O)C[C@@H](CO)C(=O)N[C@@]2(Cc3ccc(Cl)cc3)CCCN(C2)C(=O)[C@H](CC2CC2)CC(=O)N1Cc1c(F)cc(Cl)cc1Oc1ccc(-c2cnc(CN(C)C(C)(C)C)n2C)cc1. The molecule has 12 nitrogen and oxygen atoms in total. The fraction of sp³-hybridized carbons (Fsp3) is 0.500. The number of hydrogen-bond donors (Lipinski definition) is 2. The standard InChI is InChI=1S/C50H61Cl2FN6O6/c1-31-43(61)21-36(29-60)47(63)55-50(25-33-10-14-37(51)15-11-33)18-7-19-58(30-50)48(64)35(20-32-8-9-32)22-46(62)59(31)27-40-41(53)23-38(52)24-44(40)65-39-16-12-34(13-17-39)42-26-54-45(57(42)6)28-56(5)49(2,3)4/h10-17,23-24,26,31-32,35-36,60H,7-9,18-22,25,27-30H2,1-6H3,(H,55,63)/t31-,35+,36-,50+/m0/s1. The normalized spacial score (nSPS) is 22.6. The topological polar surface area (TPSA) is 137 Å². The molecule has 0 spiro atoms. The van der Waals surface area contributed by atoms with E-state index in [-0.39, 0.29) is 53.1 Å². The van der Waals surface area contributed by atoms with Crippen LogP contribution in [0.2, 0.25) is 10.0 Å². The van der Waals surface area contributed by atoms with E-state index >= 15 is 4.39 Å². The van der Waals surface area contributed by atoms with Gasteiger partial charge in [-0.3, -0.25) is 24.1 Å². The zero-order chi connectivity index (χ0) is 46.8. The Kier molecular flexibility index (Phi) is 14.8. The molecule has 1 aliphatic carbocycles. The number of rotatable bonds is 12. The van der Waals surface area contributed by atoms with Gasteiger partial charge in [-0.2, -0.15) is 0 Å². The number of imidazole rings is 1. The van der Waals surface area contributed by atoms with Crippen molar-refractivity contribution in [3.8, 4) is 22.8 Å². The van der Waals surface area contributed by atoms with Crippen LogP contribution in [0, 0.1) is 23.6 Å². The number of carbonyl (C=O) groups excluding carboxylic acids is 4. The molecule has 3 amide bonds. The summed E-state index contributed by atoms with van der Waals surface area (Å²) in [6.07, 6.45) is 5.20. The van der Waals surface area contributed by atoms with Crippen molar-refractivity contribution in [1.82, 2.24) is 29.6 Å². The first-order chi connectivity index (χ1) is 30.8. The molecule has 2 saturated heterocycles. The molecule has 348 valence electrons. The largest absolute Gasteiger partial charge is 0.457 e. The van der Waals surface area contributed by atoms with Gasteiger partial charge >= 0.3 is 0 Å². The summed E-state index contributed by atoms with van der Waals surface area (Å²) in [7, 11) is 4.03. The summed E-state index contributed by atoms with van der Waals surface area (Å²) in [4.78, 5) is 67.7. The molecule has 2 N–H and O–H groups in total. The van der Waals surface area contributed by atoms with Gasteiger partial charge in [-0.05, 0) is 120 Å². The van der Waals surface area contributed by atoms with E-state index in [2.05, 4.69) is 43.0 Å². The maximum Gasteiger partial charge on any atom is 0.226 e. The molecule has 3 heterocycles. The van der Waals surface area contributed by atoms with Crippen molar-refractivity contribution >= 4 is 46.7 Å². The predicted octanol–water partition coefficient (Wildman–Crippen LogP) is 8.38. The molecule has 7 rings (SSSR count). The number of nitrogens with zero attached hydrogens (tertiary/aromatic N) is 5. The number of amides is 3. The Hall–Kier alpha value is -4.82. The number of ether oxygens (including phenoxy) is 1. The Balaban J connectivity index is 1.17. The summed E-state index contributed by atoms with van der Waals surface area (Å²) in [5.41, 5.74) is 1.76. The minimum Gasteiger partial charge on any atom is -0.457 e. The van der Waals surface area contributed by atoms with E-state index in [1.165, 1.54) is 17.9 Å². The van der Waals surface area contributed by atoms with Gasteiger partial charge in [0.15, 0.2) is 5.78 Å². The fourth-order valence-electron chi connectivity index (χ4n) is 8.98. The lowest BCUT2D eigenvalue weighted by molar-refractivity contribution is -0.148. The van der Waals surface area contributed by atoms with Crippen molar-refractivity contribution in [2.45, 2.75) is 109 Å². The van der Waals surface area contributed by atoms with Crippen molar-refractivity contribution < 1.29 is 33.4 Å². The van der Waals surface area contributed by atoms with Gasteiger partial charge < -0.3 is 29.5 Å². The minimum absolute atomic E-state index is 0.0172. The van der Waals surface area contributed by atoms with Crippen LogP contribution in [-0.4, -0.2) is 96.7 Å². The number of aliphatic hydroxyl groups excluding tert-OH is 1. The molecular formula is C50H61Cl2FN6O6. The molecule has 1 saturated carbocycles. The number of piperidine rings is 1. The van der Waals surface area contributed by atoms with Crippen LogP contribution in [-0.2, 0) is 45.7 Å². The number of aromatic nitrogens is 2. The van der Waals surface area contributed by atoms with E-state index in [1.54, 1.807) is 29.2 Å². The van der Waals surface area contributed by atoms with Crippen LogP contribution in [0.15, 0.2) is 66.9 Å². The molecule has 2 aliphatic heterocycles. The second-order valence-corrected chi connectivity index (χ2v) is 20.3. The van der Waals surface area contributed by atoms with E-state index in [0.717, 1.165) is 41.6 Å². The summed E-state index contributed by atoms with van der Waals surface area (Å²) < 4.78 is 24.6. The number of hydrogen-bond acceptors (Lipinski definition) is 8. The molecule has 3 aliphatic rings. The van der Waals surface area contributed by atoms with Crippen LogP contribution in [0.3, 0.4) is 0 Å². The van der Waals surface area contributed by atoms with E-state index in [0.29, 0.717) is 49.5 Å². The Morgan fingerprint density at radius 1 is 0.985 bits per heavy atom. The van der Waals surface area contributed by atoms with Crippen molar-refractivity contribution in [2.75, 3.05) is 26.7 Å². The van der Waals surface area contributed by atoms with Gasteiger partial charge in [-0.1, -0.05) is 48.2 Å². The number of aliphatic hydroxyl groups is 1. The Labute approximate surface area is 391 Å². The number of benzene rings is 3. The molecule has 1 aromatic heterocycles. The first-order valence-electron chi connectivity index (χ1n) is 22.6. The number of ketones is 1. The summed E-state index contributed by atoms with van der Waals surface area (Å²) in [6, 6.07) is 16.0. The van der Waals surface area contributed by atoms with Gasteiger partial charge in [-0.25, -0.2) is 9.37 Å². The maximum absolute atomic E-state index is 16.2. The Morgan fingerprint density at radius 3 is 2.35 bits per heavy atom. The minimum atomic E-state index is -1.17. The molecule has 4 atom stereocenters. The van der Waals surface area contributed by atoms with Crippen LogP contribution >= 0.6 is 23.2 Å². The zero-order valence-electron chi connectivity index (χ0n) is 38.2. The van der Waals surface area contributed by atoms with E-state index < -0.39 is 60.0 Å². The summed E-state index contributed by atoms with van der Waals surface area (Å²) in [6.45, 7) is 8.27. The zero-order valence-corrected chi connectivity index (χ0v) is 39.7. The monoisotopic (exact) mass is 930 g/mol. The van der Waals surface area contributed by atoms with E-state index in [9.17, 15) is 24.3 Å².